The standard InChI is InChI=1S/C18H19N3O4S2/c1-2-15-10-14(12-19)18(26-15)20-17(22)13-4-3-5-16(11-13)27(23,24)21-6-8-25-9-7-21/h3-5,10-11H,2,6-9H2,1H3,(H,20,22). The molecule has 1 aliphatic rings. The summed E-state index contributed by atoms with van der Waals surface area (Å²) in [6.07, 6.45) is 0.766. The van der Waals surface area contributed by atoms with Crippen LogP contribution in [0, 0.1) is 11.3 Å². The smallest absolute Gasteiger partial charge is 0.256 e. The number of ether oxygens (including phenoxy) is 1. The molecule has 2 aromatic rings. The van der Waals surface area contributed by atoms with Crippen molar-refractivity contribution in [2.24, 2.45) is 0 Å². The van der Waals surface area contributed by atoms with Gasteiger partial charge >= 0.3 is 0 Å². The summed E-state index contributed by atoms with van der Waals surface area (Å²) in [4.78, 5) is 13.7. The molecule has 0 unspecified atom stereocenters. The Morgan fingerprint density at radius 2 is 2.07 bits per heavy atom. The fourth-order valence-corrected chi connectivity index (χ4v) is 5.10. The molecule has 0 atom stereocenters. The Bertz CT molecular complexity index is 986. The predicted octanol–water partition coefficient (Wildman–Crippen LogP) is 2.46. The van der Waals surface area contributed by atoms with Crippen LogP contribution in [-0.2, 0) is 21.2 Å². The van der Waals surface area contributed by atoms with Crippen molar-refractivity contribution >= 4 is 32.3 Å². The average Bonchev–Trinajstić information content (AvgIpc) is 3.10. The number of rotatable bonds is 5. The average molecular weight is 406 g/mol. The van der Waals surface area contributed by atoms with Crippen LogP contribution in [-0.4, -0.2) is 44.9 Å². The molecule has 142 valence electrons. The number of morpholine rings is 1. The lowest BCUT2D eigenvalue weighted by atomic mass is 10.2. The minimum Gasteiger partial charge on any atom is -0.379 e. The molecule has 1 N–H and O–H groups in total. The fourth-order valence-electron chi connectivity index (χ4n) is 2.70. The number of thiophene rings is 1. The summed E-state index contributed by atoms with van der Waals surface area (Å²) < 4.78 is 32.1. The summed E-state index contributed by atoms with van der Waals surface area (Å²) in [5.41, 5.74) is 0.627. The van der Waals surface area contributed by atoms with Crippen LogP contribution in [0.3, 0.4) is 0 Å². The fraction of sp³-hybridized carbons (Fsp3) is 0.333. The van der Waals surface area contributed by atoms with E-state index in [2.05, 4.69) is 11.4 Å². The van der Waals surface area contributed by atoms with E-state index in [1.807, 2.05) is 6.92 Å². The van der Waals surface area contributed by atoms with E-state index >= 15 is 0 Å². The molecule has 0 radical (unpaired) electrons. The van der Waals surface area contributed by atoms with Gasteiger partial charge in [0.2, 0.25) is 10.0 Å². The minimum atomic E-state index is -3.68. The van der Waals surface area contributed by atoms with Gasteiger partial charge in [-0.1, -0.05) is 13.0 Å². The molecular formula is C18H19N3O4S2. The zero-order chi connectivity index (χ0) is 19.4. The third-order valence-electron chi connectivity index (χ3n) is 4.18. The van der Waals surface area contributed by atoms with E-state index < -0.39 is 15.9 Å². The summed E-state index contributed by atoms with van der Waals surface area (Å²) in [6, 6.07) is 9.74. The number of hydrogen-bond acceptors (Lipinski definition) is 6. The third-order valence-corrected chi connectivity index (χ3v) is 7.27. The summed E-state index contributed by atoms with van der Waals surface area (Å²) in [5, 5.41) is 12.4. The Morgan fingerprint density at radius 3 is 2.74 bits per heavy atom. The van der Waals surface area contributed by atoms with Crippen molar-refractivity contribution in [3.63, 3.8) is 0 Å². The second-order valence-corrected chi connectivity index (χ2v) is 8.99. The molecule has 7 nitrogen and oxygen atoms in total. The number of aryl methyl sites for hydroxylation is 1. The van der Waals surface area contributed by atoms with Gasteiger partial charge < -0.3 is 10.1 Å². The van der Waals surface area contributed by atoms with Gasteiger partial charge in [0, 0.05) is 23.5 Å². The van der Waals surface area contributed by atoms with E-state index in [9.17, 15) is 18.5 Å². The Hall–Kier alpha value is -2.25. The van der Waals surface area contributed by atoms with Crippen molar-refractivity contribution in [1.29, 1.82) is 5.26 Å². The van der Waals surface area contributed by atoms with Gasteiger partial charge in [-0.15, -0.1) is 11.3 Å². The number of anilines is 1. The molecule has 1 aliphatic heterocycles. The van der Waals surface area contributed by atoms with Gasteiger partial charge in [0.15, 0.2) is 0 Å². The van der Waals surface area contributed by atoms with E-state index in [0.29, 0.717) is 36.9 Å². The van der Waals surface area contributed by atoms with Gasteiger partial charge in [0.25, 0.3) is 5.91 Å². The summed E-state index contributed by atoms with van der Waals surface area (Å²) in [6.45, 7) is 3.26. The highest BCUT2D eigenvalue weighted by Gasteiger charge is 2.27. The Kier molecular flexibility index (Phi) is 5.92. The summed E-state index contributed by atoms with van der Waals surface area (Å²) in [5.74, 6) is -0.449. The monoisotopic (exact) mass is 405 g/mol. The normalized spacial score (nSPS) is 15.3. The first-order chi connectivity index (χ1) is 13.0. The van der Waals surface area contributed by atoms with Crippen molar-refractivity contribution in [3.8, 4) is 6.07 Å². The maximum Gasteiger partial charge on any atom is 0.256 e. The second-order valence-electron chi connectivity index (χ2n) is 5.92. The van der Waals surface area contributed by atoms with Gasteiger partial charge in [-0.05, 0) is 30.7 Å². The van der Waals surface area contributed by atoms with E-state index in [1.54, 1.807) is 18.2 Å². The third kappa shape index (κ3) is 4.20. The Labute approximate surface area is 162 Å². The predicted molar refractivity (Wildman–Crippen MR) is 102 cm³/mol. The molecule has 3 rings (SSSR count). The van der Waals surface area contributed by atoms with E-state index in [0.717, 1.165) is 11.3 Å². The van der Waals surface area contributed by atoms with Crippen LogP contribution in [0.15, 0.2) is 35.2 Å². The Balaban J connectivity index is 1.84. The van der Waals surface area contributed by atoms with Gasteiger partial charge in [0.05, 0.1) is 23.7 Å². The minimum absolute atomic E-state index is 0.0676. The number of nitrogens with zero attached hydrogens (tertiary/aromatic N) is 2. The maximum atomic E-state index is 12.8. The number of amides is 1. The molecular weight excluding hydrogens is 386 g/mol. The molecule has 2 heterocycles. The van der Waals surface area contributed by atoms with Crippen molar-refractivity contribution in [2.45, 2.75) is 18.2 Å². The molecule has 1 aromatic carbocycles. The lowest BCUT2D eigenvalue weighted by Crippen LogP contribution is -2.40. The van der Waals surface area contributed by atoms with E-state index in [4.69, 9.17) is 4.74 Å². The zero-order valence-corrected chi connectivity index (χ0v) is 16.4. The number of sulfonamides is 1. The number of nitriles is 1. The van der Waals surface area contributed by atoms with Crippen LogP contribution >= 0.6 is 11.3 Å². The van der Waals surface area contributed by atoms with Crippen LogP contribution in [0.4, 0.5) is 5.00 Å². The van der Waals surface area contributed by atoms with E-state index in [1.165, 1.54) is 27.8 Å². The van der Waals surface area contributed by atoms with Crippen LogP contribution < -0.4 is 5.32 Å². The van der Waals surface area contributed by atoms with Crippen molar-refractivity contribution in [2.75, 3.05) is 31.6 Å². The molecule has 1 saturated heterocycles. The van der Waals surface area contributed by atoms with Gasteiger partial charge in [-0.2, -0.15) is 9.57 Å². The number of benzene rings is 1. The van der Waals surface area contributed by atoms with Crippen LogP contribution in [0.1, 0.15) is 27.7 Å². The molecule has 0 spiro atoms. The number of hydrogen-bond donors (Lipinski definition) is 1. The van der Waals surface area contributed by atoms with Gasteiger partial charge in [-0.25, -0.2) is 8.42 Å². The molecule has 0 saturated carbocycles. The zero-order valence-electron chi connectivity index (χ0n) is 14.8. The first-order valence-electron chi connectivity index (χ1n) is 8.48. The summed E-state index contributed by atoms with van der Waals surface area (Å²) in [7, 11) is -3.68. The molecule has 1 aromatic heterocycles. The number of nitrogens with one attached hydrogen (secondary N) is 1. The largest absolute Gasteiger partial charge is 0.379 e. The quantitative estimate of drug-likeness (QED) is 0.824. The highest BCUT2D eigenvalue weighted by atomic mass is 32.2. The molecule has 0 aliphatic carbocycles. The van der Waals surface area contributed by atoms with E-state index in [-0.39, 0.29) is 10.5 Å². The number of carbonyl (C=O) groups is 1. The van der Waals surface area contributed by atoms with Crippen LogP contribution in [0.2, 0.25) is 0 Å². The Morgan fingerprint density at radius 1 is 1.33 bits per heavy atom. The first kappa shape index (κ1) is 19.5. The highest BCUT2D eigenvalue weighted by molar-refractivity contribution is 7.89. The van der Waals surface area contributed by atoms with Crippen molar-refractivity contribution < 1.29 is 17.9 Å². The molecule has 9 heteroatoms. The van der Waals surface area contributed by atoms with Gasteiger partial charge in [-0.3, -0.25) is 4.79 Å². The molecule has 0 bridgehead atoms. The summed E-state index contributed by atoms with van der Waals surface area (Å²) >= 11 is 1.34. The topological polar surface area (TPSA) is 99.5 Å². The SMILES string of the molecule is CCc1cc(C#N)c(NC(=O)c2cccc(S(=O)(=O)N3CCOCC3)c2)s1. The second kappa shape index (κ2) is 8.19. The molecule has 1 fully saturated rings. The van der Waals surface area contributed by atoms with Crippen LogP contribution in [0.25, 0.3) is 0 Å². The van der Waals surface area contributed by atoms with Crippen molar-refractivity contribution in [3.05, 3.63) is 46.3 Å². The van der Waals surface area contributed by atoms with Gasteiger partial charge in [0.1, 0.15) is 11.1 Å². The molecule has 27 heavy (non-hydrogen) atoms. The number of carbonyl (C=O) groups excluding carboxylic acids is 1. The lowest BCUT2D eigenvalue weighted by Gasteiger charge is -2.26. The van der Waals surface area contributed by atoms with Crippen LogP contribution in [0.5, 0.6) is 0 Å². The lowest BCUT2D eigenvalue weighted by molar-refractivity contribution is 0.0730. The highest BCUT2D eigenvalue weighted by Crippen LogP contribution is 2.28. The maximum absolute atomic E-state index is 12.8. The van der Waals surface area contributed by atoms with Crippen molar-refractivity contribution in [1.82, 2.24) is 4.31 Å². The first-order valence-corrected chi connectivity index (χ1v) is 10.7. The molecule has 1 amide bonds.